The van der Waals surface area contributed by atoms with E-state index in [0.29, 0.717) is 37.0 Å². The number of halogens is 4. The van der Waals surface area contributed by atoms with Crippen molar-refractivity contribution < 1.29 is 27.0 Å². The summed E-state index contributed by atoms with van der Waals surface area (Å²) in [4.78, 5) is 4.10. The molecule has 2 aromatic carbocycles. The van der Waals surface area contributed by atoms with Crippen LogP contribution in [0, 0.1) is 5.82 Å². The van der Waals surface area contributed by atoms with Gasteiger partial charge < -0.3 is 20.1 Å². The van der Waals surface area contributed by atoms with Gasteiger partial charge in [-0.1, -0.05) is 30.3 Å². The molecule has 0 saturated carbocycles. The van der Waals surface area contributed by atoms with E-state index in [1.54, 1.807) is 43.4 Å². The molecule has 0 aliphatic rings. The van der Waals surface area contributed by atoms with Crippen molar-refractivity contribution in [3.05, 3.63) is 65.5 Å². The molecule has 0 heterocycles. The summed E-state index contributed by atoms with van der Waals surface area (Å²) in [7, 11) is 1.63. The number of benzene rings is 2. The zero-order valence-corrected chi connectivity index (χ0v) is 15.9. The molecule has 0 fully saturated rings. The summed E-state index contributed by atoms with van der Waals surface area (Å²) in [5, 5.41) is 6.19. The molecule has 0 amide bonds. The van der Waals surface area contributed by atoms with Crippen molar-refractivity contribution in [2.45, 2.75) is 19.3 Å². The van der Waals surface area contributed by atoms with Gasteiger partial charge in [0.1, 0.15) is 24.8 Å². The van der Waals surface area contributed by atoms with Crippen molar-refractivity contribution in [3.63, 3.8) is 0 Å². The van der Waals surface area contributed by atoms with E-state index in [1.807, 2.05) is 0 Å². The molecule has 5 nitrogen and oxygen atoms in total. The van der Waals surface area contributed by atoms with Crippen LogP contribution in [0.3, 0.4) is 0 Å². The molecule has 2 aromatic rings. The average molecular weight is 413 g/mol. The Morgan fingerprint density at radius 1 is 1.03 bits per heavy atom. The van der Waals surface area contributed by atoms with Crippen LogP contribution in [-0.2, 0) is 17.9 Å². The number of rotatable bonds is 9. The van der Waals surface area contributed by atoms with Crippen molar-refractivity contribution in [2.24, 2.45) is 4.99 Å². The number of nitrogens with one attached hydrogen (secondary N) is 2. The standard InChI is InChI=1S/C20H23F4N3O2/c1-25-19(26-9-10-29-18-4-2-3-17(21)11-18)27-12-15-5-7-16(8-6-15)13-28-14-20(22,23)24/h2-8,11H,9-10,12-14H2,1H3,(H2,25,26,27). The lowest BCUT2D eigenvalue weighted by Crippen LogP contribution is -2.38. The Balaban J connectivity index is 1.67. The lowest BCUT2D eigenvalue weighted by Gasteiger charge is -2.13. The fraction of sp³-hybridized carbons (Fsp3) is 0.350. The van der Waals surface area contributed by atoms with Gasteiger partial charge in [-0.15, -0.1) is 0 Å². The molecule has 0 spiro atoms. The van der Waals surface area contributed by atoms with Crippen LogP contribution in [0.1, 0.15) is 11.1 Å². The number of alkyl halides is 3. The molecule has 0 unspecified atom stereocenters. The molecule has 2 rings (SSSR count). The smallest absolute Gasteiger partial charge is 0.411 e. The van der Waals surface area contributed by atoms with Crippen LogP contribution in [-0.4, -0.2) is 38.9 Å². The van der Waals surface area contributed by atoms with Crippen molar-refractivity contribution in [1.29, 1.82) is 0 Å². The van der Waals surface area contributed by atoms with E-state index >= 15 is 0 Å². The predicted molar refractivity (Wildman–Crippen MR) is 102 cm³/mol. The second kappa shape index (κ2) is 11.3. The minimum Gasteiger partial charge on any atom is -0.492 e. The molecular weight excluding hydrogens is 390 g/mol. The van der Waals surface area contributed by atoms with Gasteiger partial charge in [-0.3, -0.25) is 4.99 Å². The molecule has 0 aliphatic heterocycles. The van der Waals surface area contributed by atoms with E-state index < -0.39 is 12.8 Å². The van der Waals surface area contributed by atoms with Gasteiger partial charge in [-0.05, 0) is 23.3 Å². The Labute approximate surface area is 166 Å². The second-order valence-electron chi connectivity index (χ2n) is 6.08. The third-order valence-corrected chi connectivity index (χ3v) is 3.70. The molecular formula is C20H23F4N3O2. The average Bonchev–Trinajstić information content (AvgIpc) is 2.67. The van der Waals surface area contributed by atoms with Crippen molar-refractivity contribution >= 4 is 5.96 Å². The highest BCUT2D eigenvalue weighted by Crippen LogP contribution is 2.16. The van der Waals surface area contributed by atoms with Crippen molar-refractivity contribution in [2.75, 3.05) is 26.8 Å². The molecule has 0 radical (unpaired) electrons. The zero-order chi connectivity index (χ0) is 21.1. The zero-order valence-electron chi connectivity index (χ0n) is 15.9. The van der Waals surface area contributed by atoms with Crippen molar-refractivity contribution in [1.82, 2.24) is 10.6 Å². The Morgan fingerprint density at radius 3 is 2.41 bits per heavy atom. The monoisotopic (exact) mass is 413 g/mol. The summed E-state index contributed by atoms with van der Waals surface area (Å²) in [5.41, 5.74) is 1.60. The first-order valence-corrected chi connectivity index (χ1v) is 8.91. The maximum absolute atomic E-state index is 13.1. The van der Waals surface area contributed by atoms with Gasteiger partial charge in [0, 0.05) is 19.7 Å². The summed E-state index contributed by atoms with van der Waals surface area (Å²) in [6, 6.07) is 13.0. The highest BCUT2D eigenvalue weighted by atomic mass is 19.4. The third-order valence-electron chi connectivity index (χ3n) is 3.70. The maximum Gasteiger partial charge on any atom is 0.411 e. The SMILES string of the molecule is CN=C(NCCOc1cccc(F)c1)NCc1ccc(COCC(F)(F)F)cc1. The van der Waals surface area contributed by atoms with Gasteiger partial charge in [-0.25, -0.2) is 4.39 Å². The van der Waals surface area contributed by atoms with Crippen LogP contribution < -0.4 is 15.4 Å². The van der Waals surface area contributed by atoms with E-state index in [4.69, 9.17) is 4.74 Å². The molecule has 0 saturated heterocycles. The summed E-state index contributed by atoms with van der Waals surface area (Å²) in [6.07, 6.45) is -4.32. The summed E-state index contributed by atoms with van der Waals surface area (Å²) < 4.78 is 59.4. The van der Waals surface area contributed by atoms with Crippen LogP contribution in [0.5, 0.6) is 5.75 Å². The first-order chi connectivity index (χ1) is 13.9. The van der Waals surface area contributed by atoms with Crippen LogP contribution in [0.2, 0.25) is 0 Å². The second-order valence-corrected chi connectivity index (χ2v) is 6.08. The van der Waals surface area contributed by atoms with Crippen LogP contribution >= 0.6 is 0 Å². The first-order valence-electron chi connectivity index (χ1n) is 8.91. The third kappa shape index (κ3) is 9.29. The van der Waals surface area contributed by atoms with Gasteiger partial charge in [0.15, 0.2) is 5.96 Å². The highest BCUT2D eigenvalue weighted by Gasteiger charge is 2.27. The number of ether oxygens (including phenoxy) is 2. The number of nitrogens with zero attached hydrogens (tertiary/aromatic N) is 1. The molecule has 2 N–H and O–H groups in total. The Bertz CT molecular complexity index is 780. The normalized spacial score (nSPS) is 12.0. The number of guanidine groups is 1. The summed E-state index contributed by atoms with van der Waals surface area (Å²) >= 11 is 0. The Kier molecular flexibility index (Phi) is 8.72. The molecule has 9 heteroatoms. The summed E-state index contributed by atoms with van der Waals surface area (Å²) in [5.74, 6) is 0.658. The van der Waals surface area contributed by atoms with Gasteiger partial charge in [0.2, 0.25) is 0 Å². The molecule has 0 atom stereocenters. The lowest BCUT2D eigenvalue weighted by molar-refractivity contribution is -0.176. The van der Waals surface area contributed by atoms with E-state index in [9.17, 15) is 17.6 Å². The van der Waals surface area contributed by atoms with Gasteiger partial charge >= 0.3 is 6.18 Å². The first kappa shape index (κ1) is 22.5. The van der Waals surface area contributed by atoms with E-state index in [-0.39, 0.29) is 12.4 Å². The minimum absolute atomic E-state index is 0.0955. The molecule has 0 aromatic heterocycles. The van der Waals surface area contributed by atoms with Crippen LogP contribution in [0.15, 0.2) is 53.5 Å². The quantitative estimate of drug-likeness (QED) is 0.285. The van der Waals surface area contributed by atoms with E-state index in [1.165, 1.54) is 12.1 Å². The summed E-state index contributed by atoms with van der Waals surface area (Å²) in [6.45, 7) is -0.0838. The molecule has 158 valence electrons. The minimum atomic E-state index is -4.32. The van der Waals surface area contributed by atoms with E-state index in [0.717, 1.165) is 5.56 Å². The van der Waals surface area contributed by atoms with Crippen molar-refractivity contribution in [3.8, 4) is 5.75 Å². The van der Waals surface area contributed by atoms with Crippen LogP contribution in [0.4, 0.5) is 17.6 Å². The topological polar surface area (TPSA) is 54.9 Å². The lowest BCUT2D eigenvalue weighted by atomic mass is 10.1. The molecule has 0 aliphatic carbocycles. The number of aliphatic imine (C=N–C) groups is 1. The Morgan fingerprint density at radius 2 is 1.76 bits per heavy atom. The predicted octanol–water partition coefficient (Wildman–Crippen LogP) is 3.65. The highest BCUT2D eigenvalue weighted by molar-refractivity contribution is 5.79. The molecule has 0 bridgehead atoms. The number of hydrogen-bond acceptors (Lipinski definition) is 3. The molecule has 29 heavy (non-hydrogen) atoms. The fourth-order valence-corrected chi connectivity index (χ4v) is 2.34. The number of hydrogen-bond donors (Lipinski definition) is 2. The largest absolute Gasteiger partial charge is 0.492 e. The maximum atomic E-state index is 13.1. The van der Waals surface area contributed by atoms with Gasteiger partial charge in [0.25, 0.3) is 0 Å². The van der Waals surface area contributed by atoms with E-state index in [2.05, 4.69) is 20.4 Å². The fourth-order valence-electron chi connectivity index (χ4n) is 2.34. The van der Waals surface area contributed by atoms with Gasteiger partial charge in [-0.2, -0.15) is 13.2 Å². The van der Waals surface area contributed by atoms with Gasteiger partial charge in [0.05, 0.1) is 13.2 Å². The Hall–Kier alpha value is -2.81. The van der Waals surface area contributed by atoms with Crippen LogP contribution in [0.25, 0.3) is 0 Å².